The van der Waals surface area contributed by atoms with Crippen molar-refractivity contribution in [2.45, 2.75) is 31.7 Å². The van der Waals surface area contributed by atoms with Gasteiger partial charge in [0.25, 0.3) is 5.91 Å². The zero-order valence-electron chi connectivity index (χ0n) is 13.2. The Balaban J connectivity index is 1.37. The predicted octanol–water partition coefficient (Wildman–Crippen LogP) is 1.23. The van der Waals surface area contributed by atoms with E-state index in [2.05, 4.69) is 10.3 Å². The zero-order chi connectivity index (χ0) is 16.1. The summed E-state index contributed by atoms with van der Waals surface area (Å²) >= 11 is 0. The van der Waals surface area contributed by atoms with E-state index in [9.17, 15) is 9.59 Å². The third-order valence-corrected chi connectivity index (χ3v) is 4.38. The molecule has 2 aliphatic rings. The number of piperidine rings is 1. The summed E-state index contributed by atoms with van der Waals surface area (Å²) in [5.41, 5.74) is 0.569. The zero-order valence-corrected chi connectivity index (χ0v) is 13.2. The molecule has 0 bridgehead atoms. The van der Waals surface area contributed by atoms with E-state index in [1.54, 1.807) is 24.5 Å². The van der Waals surface area contributed by atoms with Crippen LogP contribution in [-0.2, 0) is 9.53 Å². The van der Waals surface area contributed by atoms with Crippen molar-refractivity contribution in [3.63, 3.8) is 0 Å². The number of nitrogens with zero attached hydrogens (tertiary/aromatic N) is 2. The number of nitrogens with one attached hydrogen (secondary N) is 1. The van der Waals surface area contributed by atoms with Gasteiger partial charge in [-0.15, -0.1) is 0 Å². The van der Waals surface area contributed by atoms with E-state index in [1.165, 1.54) is 12.8 Å². The van der Waals surface area contributed by atoms with E-state index < -0.39 is 0 Å². The Kier molecular flexibility index (Phi) is 5.23. The summed E-state index contributed by atoms with van der Waals surface area (Å²) in [6.45, 7) is 2.24. The molecule has 0 aromatic carbocycles. The molecule has 6 nitrogen and oxygen atoms in total. The summed E-state index contributed by atoms with van der Waals surface area (Å²) in [5.74, 6) is 0.634. The lowest BCUT2D eigenvalue weighted by molar-refractivity contribution is -0.137. The van der Waals surface area contributed by atoms with E-state index in [-0.39, 0.29) is 24.5 Å². The minimum absolute atomic E-state index is 0.0580. The molecule has 1 saturated carbocycles. The summed E-state index contributed by atoms with van der Waals surface area (Å²) in [6.07, 6.45) is 7.23. The van der Waals surface area contributed by atoms with Gasteiger partial charge in [0.1, 0.15) is 6.61 Å². The quantitative estimate of drug-likeness (QED) is 0.856. The lowest BCUT2D eigenvalue weighted by Gasteiger charge is -2.32. The van der Waals surface area contributed by atoms with E-state index in [0.717, 1.165) is 12.8 Å². The first kappa shape index (κ1) is 15.9. The minimum Gasteiger partial charge on any atom is -0.371 e. The molecule has 1 N–H and O–H groups in total. The van der Waals surface area contributed by atoms with Crippen molar-refractivity contribution in [2.24, 2.45) is 5.92 Å². The topological polar surface area (TPSA) is 71.5 Å². The molecule has 3 rings (SSSR count). The molecule has 1 aliphatic carbocycles. The van der Waals surface area contributed by atoms with Crippen molar-refractivity contribution >= 4 is 11.8 Å². The molecule has 1 aromatic rings. The first-order chi connectivity index (χ1) is 11.2. The van der Waals surface area contributed by atoms with Gasteiger partial charge in [-0.2, -0.15) is 0 Å². The van der Waals surface area contributed by atoms with Crippen LogP contribution < -0.4 is 5.32 Å². The second kappa shape index (κ2) is 7.55. The lowest BCUT2D eigenvalue weighted by Crippen LogP contribution is -2.47. The van der Waals surface area contributed by atoms with Crippen LogP contribution in [0.5, 0.6) is 0 Å². The van der Waals surface area contributed by atoms with Gasteiger partial charge < -0.3 is 15.0 Å². The molecule has 23 heavy (non-hydrogen) atoms. The lowest BCUT2D eigenvalue weighted by atomic mass is 10.0. The van der Waals surface area contributed by atoms with Crippen molar-refractivity contribution in [1.29, 1.82) is 0 Å². The molecular formula is C17H23N3O3. The van der Waals surface area contributed by atoms with Crippen molar-refractivity contribution in [1.82, 2.24) is 15.2 Å². The molecule has 0 spiro atoms. The monoisotopic (exact) mass is 317 g/mol. The van der Waals surface area contributed by atoms with Crippen LogP contribution in [0.25, 0.3) is 0 Å². The van der Waals surface area contributed by atoms with Crippen LogP contribution >= 0.6 is 0 Å². The Hall–Kier alpha value is -1.95. The minimum atomic E-state index is -0.101. The summed E-state index contributed by atoms with van der Waals surface area (Å²) in [5, 5.41) is 3.01. The van der Waals surface area contributed by atoms with Gasteiger partial charge in [0.15, 0.2) is 0 Å². The van der Waals surface area contributed by atoms with Gasteiger partial charge >= 0.3 is 0 Å². The third-order valence-electron chi connectivity index (χ3n) is 4.38. The largest absolute Gasteiger partial charge is 0.371 e. The van der Waals surface area contributed by atoms with Gasteiger partial charge in [-0.25, -0.2) is 0 Å². The summed E-state index contributed by atoms with van der Waals surface area (Å²) < 4.78 is 5.45. The van der Waals surface area contributed by atoms with E-state index in [4.69, 9.17) is 4.74 Å². The third kappa shape index (κ3) is 4.76. The van der Waals surface area contributed by atoms with Gasteiger partial charge in [0.2, 0.25) is 5.91 Å². The molecule has 0 radical (unpaired) electrons. The van der Waals surface area contributed by atoms with Crippen LogP contribution in [0.15, 0.2) is 24.5 Å². The fraction of sp³-hybridized carbons (Fsp3) is 0.588. The van der Waals surface area contributed by atoms with Crippen molar-refractivity contribution in [3.8, 4) is 0 Å². The SMILES string of the molecule is O=C(NC1CCN(C(=O)COCC2CC2)CC1)c1cccnc1. The van der Waals surface area contributed by atoms with Crippen LogP contribution in [0.1, 0.15) is 36.0 Å². The van der Waals surface area contributed by atoms with Gasteiger partial charge in [0, 0.05) is 31.5 Å². The molecule has 2 fully saturated rings. The maximum atomic E-state index is 12.1. The highest BCUT2D eigenvalue weighted by atomic mass is 16.5. The van der Waals surface area contributed by atoms with Crippen molar-refractivity contribution < 1.29 is 14.3 Å². The number of ether oxygens (including phenoxy) is 1. The van der Waals surface area contributed by atoms with Gasteiger partial charge in [-0.05, 0) is 43.7 Å². The van der Waals surface area contributed by atoms with E-state index >= 15 is 0 Å². The fourth-order valence-electron chi connectivity index (χ4n) is 2.73. The summed E-state index contributed by atoms with van der Waals surface area (Å²) in [7, 11) is 0. The van der Waals surface area contributed by atoms with Crippen LogP contribution in [0, 0.1) is 5.92 Å². The van der Waals surface area contributed by atoms with Crippen LogP contribution in [0.2, 0.25) is 0 Å². The van der Waals surface area contributed by atoms with Gasteiger partial charge in [-0.1, -0.05) is 0 Å². The Labute approximate surface area is 136 Å². The highest BCUT2D eigenvalue weighted by Crippen LogP contribution is 2.28. The Bertz CT molecular complexity index is 537. The number of amides is 2. The molecule has 124 valence electrons. The second-order valence-corrected chi connectivity index (χ2v) is 6.33. The van der Waals surface area contributed by atoms with E-state index in [0.29, 0.717) is 31.2 Å². The van der Waals surface area contributed by atoms with Crippen LogP contribution in [0.3, 0.4) is 0 Å². The van der Waals surface area contributed by atoms with Gasteiger partial charge in [0.05, 0.1) is 12.2 Å². The predicted molar refractivity (Wildman–Crippen MR) is 84.8 cm³/mol. The first-order valence-electron chi connectivity index (χ1n) is 8.29. The molecule has 0 atom stereocenters. The average Bonchev–Trinajstić information content (AvgIpc) is 3.40. The molecule has 1 saturated heterocycles. The molecule has 1 aromatic heterocycles. The molecular weight excluding hydrogens is 294 g/mol. The summed E-state index contributed by atoms with van der Waals surface area (Å²) in [4.78, 5) is 29.9. The Morgan fingerprint density at radius 1 is 1.26 bits per heavy atom. The highest BCUT2D eigenvalue weighted by molar-refractivity contribution is 5.94. The Morgan fingerprint density at radius 2 is 2.04 bits per heavy atom. The molecule has 2 heterocycles. The average molecular weight is 317 g/mol. The number of carbonyl (C=O) groups excluding carboxylic acids is 2. The molecule has 0 unspecified atom stereocenters. The fourth-order valence-corrected chi connectivity index (χ4v) is 2.73. The molecule has 2 amide bonds. The van der Waals surface area contributed by atoms with Gasteiger partial charge in [-0.3, -0.25) is 14.6 Å². The van der Waals surface area contributed by atoms with Crippen LogP contribution in [0.4, 0.5) is 0 Å². The maximum absolute atomic E-state index is 12.1. The number of hydrogen-bond donors (Lipinski definition) is 1. The number of pyridine rings is 1. The highest BCUT2D eigenvalue weighted by Gasteiger charge is 2.25. The smallest absolute Gasteiger partial charge is 0.253 e. The molecule has 6 heteroatoms. The number of aromatic nitrogens is 1. The van der Waals surface area contributed by atoms with E-state index in [1.807, 2.05) is 4.90 Å². The molecule has 1 aliphatic heterocycles. The Morgan fingerprint density at radius 3 is 2.70 bits per heavy atom. The van der Waals surface area contributed by atoms with Crippen molar-refractivity contribution in [2.75, 3.05) is 26.3 Å². The number of carbonyl (C=O) groups is 2. The van der Waals surface area contributed by atoms with Crippen LogP contribution in [-0.4, -0.2) is 54.0 Å². The van der Waals surface area contributed by atoms with Crippen molar-refractivity contribution in [3.05, 3.63) is 30.1 Å². The first-order valence-corrected chi connectivity index (χ1v) is 8.29. The number of rotatable bonds is 6. The standard InChI is InChI=1S/C17H23N3O3/c21-16(12-23-11-13-3-4-13)20-8-5-15(6-9-20)19-17(22)14-2-1-7-18-10-14/h1-2,7,10,13,15H,3-6,8-9,11-12H2,(H,19,22). The number of likely N-dealkylation sites (tertiary alicyclic amines) is 1. The maximum Gasteiger partial charge on any atom is 0.253 e. The number of hydrogen-bond acceptors (Lipinski definition) is 4. The summed E-state index contributed by atoms with van der Waals surface area (Å²) in [6, 6.07) is 3.61. The second-order valence-electron chi connectivity index (χ2n) is 6.33. The normalized spacial score (nSPS) is 18.7.